The van der Waals surface area contributed by atoms with Gasteiger partial charge in [-0.3, -0.25) is 0 Å². The summed E-state index contributed by atoms with van der Waals surface area (Å²) in [5, 5.41) is 7.71. The molecule has 12 aromatic rings. The summed E-state index contributed by atoms with van der Waals surface area (Å²) in [4.78, 5) is 10.6. The van der Waals surface area contributed by atoms with Crippen LogP contribution in [0.4, 0.5) is 0 Å². The molecule has 9 aromatic carbocycles. The molecular weight excluding hydrogens is 813 g/mol. The predicted molar refractivity (Wildman–Crippen MR) is 277 cm³/mol. The molecular formula is C63H42N4. The van der Waals surface area contributed by atoms with Gasteiger partial charge in [0.15, 0.2) is 5.82 Å². The van der Waals surface area contributed by atoms with Crippen LogP contribution in [0.15, 0.2) is 255 Å². The lowest BCUT2D eigenvalue weighted by molar-refractivity contribution is 0.979. The molecule has 12 rings (SSSR count). The van der Waals surface area contributed by atoms with E-state index in [0.29, 0.717) is 5.82 Å². The summed E-state index contributed by atoms with van der Waals surface area (Å²) in [6.07, 6.45) is 0. The lowest BCUT2D eigenvalue weighted by atomic mass is 9.94. The first kappa shape index (κ1) is 39.6. The molecule has 0 spiro atoms. The summed E-state index contributed by atoms with van der Waals surface area (Å²) in [5.41, 5.74) is 19.0. The number of rotatable bonds is 9. The van der Waals surface area contributed by atoms with Crippen LogP contribution < -0.4 is 0 Å². The third kappa shape index (κ3) is 7.67. The number of benzene rings is 9. The number of hydrogen-bond acceptors (Lipinski definition) is 3. The van der Waals surface area contributed by atoms with Crippen molar-refractivity contribution < 1.29 is 0 Å². The predicted octanol–water partition coefficient (Wildman–Crippen LogP) is 16.3. The molecule has 4 heteroatoms. The fourth-order valence-corrected chi connectivity index (χ4v) is 9.25. The summed E-state index contributed by atoms with van der Waals surface area (Å²) in [5.74, 6) is 0.666. The van der Waals surface area contributed by atoms with Gasteiger partial charge in [0.25, 0.3) is 0 Å². The molecule has 3 heterocycles. The van der Waals surface area contributed by atoms with Crippen LogP contribution in [0.25, 0.3) is 117 Å². The van der Waals surface area contributed by atoms with Gasteiger partial charge in [-0.25, -0.2) is 14.5 Å². The molecule has 4 nitrogen and oxygen atoms in total. The van der Waals surface area contributed by atoms with E-state index in [-0.39, 0.29) is 0 Å². The highest BCUT2D eigenvalue weighted by Gasteiger charge is 2.22. The zero-order chi connectivity index (χ0) is 44.5. The number of aromatic nitrogens is 4. The molecule has 3 aromatic heterocycles. The Morgan fingerprint density at radius 2 is 0.701 bits per heavy atom. The molecule has 0 saturated heterocycles. The second kappa shape index (κ2) is 17.2. The summed E-state index contributed by atoms with van der Waals surface area (Å²) >= 11 is 0. The Kier molecular flexibility index (Phi) is 10.2. The summed E-state index contributed by atoms with van der Waals surface area (Å²) in [6.45, 7) is 0. The molecule has 0 fully saturated rings. The largest absolute Gasteiger partial charge is 0.231 e. The summed E-state index contributed by atoms with van der Waals surface area (Å²) < 4.78 is 2.15. The van der Waals surface area contributed by atoms with E-state index >= 15 is 0 Å². The number of nitrogens with zero attached hydrogens (tertiary/aromatic N) is 4. The third-order valence-corrected chi connectivity index (χ3v) is 12.6. The Morgan fingerprint density at radius 3 is 1.25 bits per heavy atom. The summed E-state index contributed by atoms with van der Waals surface area (Å²) in [7, 11) is 0. The van der Waals surface area contributed by atoms with Crippen LogP contribution in [0.3, 0.4) is 0 Å². The molecule has 314 valence electrons. The van der Waals surface area contributed by atoms with Gasteiger partial charge in [0.1, 0.15) is 5.69 Å². The number of hydrogen-bond donors (Lipinski definition) is 0. The third-order valence-electron chi connectivity index (χ3n) is 12.6. The van der Waals surface area contributed by atoms with E-state index < -0.39 is 0 Å². The van der Waals surface area contributed by atoms with Crippen molar-refractivity contribution in [1.82, 2.24) is 19.6 Å². The molecule has 0 bridgehead atoms. The Bertz CT molecular complexity index is 3580. The van der Waals surface area contributed by atoms with Crippen LogP contribution >= 0.6 is 0 Å². The lowest BCUT2D eigenvalue weighted by Gasteiger charge is -2.13. The van der Waals surface area contributed by atoms with E-state index in [1.54, 1.807) is 0 Å². The molecule has 0 aliphatic carbocycles. The van der Waals surface area contributed by atoms with E-state index in [1.807, 2.05) is 12.1 Å². The van der Waals surface area contributed by atoms with Crippen molar-refractivity contribution in [2.75, 3.05) is 0 Å². The Morgan fingerprint density at radius 1 is 0.284 bits per heavy atom. The van der Waals surface area contributed by atoms with Crippen molar-refractivity contribution in [1.29, 1.82) is 0 Å². The van der Waals surface area contributed by atoms with Gasteiger partial charge in [-0.15, -0.1) is 0 Å². The first-order valence-corrected chi connectivity index (χ1v) is 22.7. The highest BCUT2D eigenvalue weighted by atomic mass is 15.2. The van der Waals surface area contributed by atoms with Crippen LogP contribution in [0.2, 0.25) is 0 Å². The average Bonchev–Trinajstić information content (AvgIpc) is 3.83. The van der Waals surface area contributed by atoms with Crippen LogP contribution in [0, 0.1) is 0 Å². The van der Waals surface area contributed by atoms with Gasteiger partial charge in [0, 0.05) is 38.8 Å². The summed E-state index contributed by atoms with van der Waals surface area (Å²) in [6, 6.07) is 89.9. The smallest absolute Gasteiger partial charge is 0.160 e. The van der Waals surface area contributed by atoms with Crippen molar-refractivity contribution >= 4 is 16.3 Å². The van der Waals surface area contributed by atoms with Crippen LogP contribution in [-0.2, 0) is 0 Å². The van der Waals surface area contributed by atoms with Gasteiger partial charge < -0.3 is 0 Å². The van der Waals surface area contributed by atoms with Gasteiger partial charge in [-0.05, 0) is 68.6 Å². The van der Waals surface area contributed by atoms with Crippen molar-refractivity contribution in [3.05, 3.63) is 255 Å². The maximum atomic E-state index is 5.45. The van der Waals surface area contributed by atoms with Crippen molar-refractivity contribution in [3.63, 3.8) is 0 Å². The second-order valence-electron chi connectivity index (χ2n) is 16.8. The van der Waals surface area contributed by atoms with Crippen molar-refractivity contribution in [2.24, 2.45) is 0 Å². The Labute approximate surface area is 389 Å². The molecule has 0 aliphatic rings. The molecule has 67 heavy (non-hydrogen) atoms. The Balaban J connectivity index is 1.01. The van der Waals surface area contributed by atoms with E-state index in [9.17, 15) is 0 Å². The standard InChI is InChI=1S/C63H42N4/c1-6-17-43(18-7-1)45-29-33-47(34-30-45)57-42-58(48-35-31-46(32-36-48)44-19-8-2-9-20-44)65-63(64-57)55-28-16-27-52(39-55)53-37-38-54-41-59(49-21-10-3-11-22-49)67-62(56(54)40-53)60(50-23-12-4-13-24-50)61(66-67)51-25-14-5-15-26-51/h1-42H. The highest BCUT2D eigenvalue weighted by molar-refractivity contribution is 6.09. The maximum Gasteiger partial charge on any atom is 0.160 e. The van der Waals surface area contributed by atoms with Crippen LogP contribution in [0.5, 0.6) is 0 Å². The highest BCUT2D eigenvalue weighted by Crippen LogP contribution is 2.42. The monoisotopic (exact) mass is 854 g/mol. The Hall–Kier alpha value is -8.99. The average molecular weight is 855 g/mol. The van der Waals surface area contributed by atoms with Crippen LogP contribution in [-0.4, -0.2) is 19.6 Å². The lowest BCUT2D eigenvalue weighted by Crippen LogP contribution is -1.97. The van der Waals surface area contributed by atoms with Gasteiger partial charge >= 0.3 is 0 Å². The van der Waals surface area contributed by atoms with E-state index in [4.69, 9.17) is 15.1 Å². The fourth-order valence-electron chi connectivity index (χ4n) is 9.25. The van der Waals surface area contributed by atoms with Crippen LogP contribution in [0.1, 0.15) is 0 Å². The molecule has 0 aliphatic heterocycles. The molecule has 0 atom stereocenters. The van der Waals surface area contributed by atoms with E-state index in [1.165, 1.54) is 11.1 Å². The maximum absolute atomic E-state index is 5.45. The quantitative estimate of drug-likeness (QED) is 0.145. The normalized spacial score (nSPS) is 11.3. The first-order valence-electron chi connectivity index (χ1n) is 22.7. The molecule has 0 N–H and O–H groups in total. The van der Waals surface area contributed by atoms with Gasteiger partial charge in [0.05, 0.1) is 22.6 Å². The molecule has 0 radical (unpaired) electrons. The van der Waals surface area contributed by atoms with Crippen molar-refractivity contribution in [2.45, 2.75) is 0 Å². The van der Waals surface area contributed by atoms with Crippen molar-refractivity contribution in [3.8, 4) is 101 Å². The zero-order valence-corrected chi connectivity index (χ0v) is 36.5. The molecule has 0 saturated carbocycles. The molecule has 0 amide bonds. The van der Waals surface area contributed by atoms with Gasteiger partial charge in [0.2, 0.25) is 0 Å². The van der Waals surface area contributed by atoms with E-state index in [2.05, 4.69) is 247 Å². The topological polar surface area (TPSA) is 43.1 Å². The minimum atomic E-state index is 0.666. The SMILES string of the molecule is c1ccc(-c2ccc(-c3cc(-c4ccc(-c5ccccc5)cc4)nc(-c4cccc(-c5ccc6cc(-c7ccccc7)n7nc(-c8ccccc8)c(-c8ccccc8)c7c6c5)c4)n3)cc2)cc1. The van der Waals surface area contributed by atoms with Gasteiger partial charge in [-0.1, -0.05) is 231 Å². The first-order chi connectivity index (χ1) is 33.2. The second-order valence-corrected chi connectivity index (χ2v) is 16.8. The molecule has 0 unspecified atom stereocenters. The minimum absolute atomic E-state index is 0.666. The fraction of sp³-hybridized carbons (Fsp3) is 0. The zero-order valence-electron chi connectivity index (χ0n) is 36.5. The number of fused-ring (bicyclic) bond motifs is 3. The van der Waals surface area contributed by atoms with E-state index in [0.717, 1.165) is 100 Å². The minimum Gasteiger partial charge on any atom is -0.231 e. The number of pyridine rings is 1. The van der Waals surface area contributed by atoms with Gasteiger partial charge in [-0.2, -0.15) is 5.10 Å².